The van der Waals surface area contributed by atoms with E-state index in [4.69, 9.17) is 9.47 Å². The summed E-state index contributed by atoms with van der Waals surface area (Å²) >= 11 is 0. The van der Waals surface area contributed by atoms with E-state index in [0.717, 1.165) is 0 Å². The largest absolute Gasteiger partial charge is 0.493 e. The quantitative estimate of drug-likeness (QED) is 0.706. The Morgan fingerprint density at radius 3 is 2.03 bits per heavy atom. The molecule has 29 heavy (non-hydrogen) atoms. The number of rotatable bonds is 6. The molecule has 0 saturated heterocycles. The fraction of sp³-hybridized carbons (Fsp3) is 0.208. The summed E-state index contributed by atoms with van der Waals surface area (Å²) in [5, 5.41) is 0. The summed E-state index contributed by atoms with van der Waals surface area (Å²) in [5.74, 6) is -1.05. The molecule has 4 rings (SSSR count). The summed E-state index contributed by atoms with van der Waals surface area (Å²) in [6.45, 7) is 1.85. The molecule has 0 amide bonds. The van der Waals surface area contributed by atoms with Crippen molar-refractivity contribution in [3.63, 3.8) is 0 Å². The molecular weight excluding hydrogens is 368 g/mol. The van der Waals surface area contributed by atoms with Gasteiger partial charge in [0.1, 0.15) is 5.60 Å². The van der Waals surface area contributed by atoms with Gasteiger partial charge < -0.3 is 9.47 Å². The van der Waals surface area contributed by atoms with Crippen LogP contribution in [0.4, 0.5) is 0 Å². The Bertz CT molecular complexity index is 1050. The molecule has 2 aliphatic heterocycles. The number of carbonyl (C=O) groups excluding carboxylic acids is 3. The van der Waals surface area contributed by atoms with Gasteiger partial charge in [-0.2, -0.15) is 0 Å². The predicted molar refractivity (Wildman–Crippen MR) is 107 cm³/mol. The molecule has 5 nitrogen and oxygen atoms in total. The van der Waals surface area contributed by atoms with Gasteiger partial charge in [0.2, 0.25) is 5.78 Å². The Morgan fingerprint density at radius 1 is 0.966 bits per heavy atom. The maximum atomic E-state index is 13.5. The first-order valence-corrected chi connectivity index (χ1v) is 9.45. The Hall–Kier alpha value is -3.31. The van der Waals surface area contributed by atoms with E-state index in [1.807, 2.05) is 13.0 Å². The molecule has 2 atom stereocenters. The van der Waals surface area contributed by atoms with E-state index in [1.165, 1.54) is 13.2 Å². The highest BCUT2D eigenvalue weighted by Gasteiger charge is 2.56. The molecule has 0 N–H and O–H groups in total. The van der Waals surface area contributed by atoms with Crippen molar-refractivity contribution in [2.75, 3.05) is 7.11 Å². The Labute approximate surface area is 168 Å². The Morgan fingerprint density at radius 2 is 1.52 bits per heavy atom. The topological polar surface area (TPSA) is 69.7 Å². The highest BCUT2D eigenvalue weighted by Crippen LogP contribution is 2.47. The Kier molecular flexibility index (Phi) is 4.76. The molecule has 146 valence electrons. The number of methoxy groups -OCH3 is 1. The molecule has 0 unspecified atom stereocenters. The summed E-state index contributed by atoms with van der Waals surface area (Å²) in [7, 11) is 1.40. The monoisotopic (exact) mass is 388 g/mol. The van der Waals surface area contributed by atoms with Crippen molar-refractivity contribution in [2.24, 2.45) is 0 Å². The minimum Gasteiger partial charge on any atom is -0.493 e. The van der Waals surface area contributed by atoms with Gasteiger partial charge in [0.05, 0.1) is 7.11 Å². The van der Waals surface area contributed by atoms with Crippen molar-refractivity contribution in [2.45, 2.75) is 25.0 Å². The van der Waals surface area contributed by atoms with Gasteiger partial charge in [0, 0.05) is 22.3 Å². The van der Waals surface area contributed by atoms with Crippen LogP contribution in [0.2, 0.25) is 0 Å². The maximum Gasteiger partial charge on any atom is 0.230 e. The molecule has 0 aromatic heterocycles. The highest BCUT2D eigenvalue weighted by molar-refractivity contribution is 6.24. The summed E-state index contributed by atoms with van der Waals surface area (Å²) in [6, 6.07) is 17.3. The van der Waals surface area contributed by atoms with Crippen molar-refractivity contribution in [1.82, 2.24) is 0 Å². The van der Waals surface area contributed by atoms with Gasteiger partial charge in [-0.1, -0.05) is 67.6 Å². The van der Waals surface area contributed by atoms with Crippen LogP contribution in [0.25, 0.3) is 0 Å². The smallest absolute Gasteiger partial charge is 0.230 e. The second kappa shape index (κ2) is 7.26. The van der Waals surface area contributed by atoms with Gasteiger partial charge >= 0.3 is 0 Å². The molecule has 0 saturated carbocycles. The molecule has 0 spiro atoms. The van der Waals surface area contributed by atoms with Crippen LogP contribution in [-0.2, 0) is 14.3 Å². The number of carbonyl (C=O) groups is 3. The maximum absolute atomic E-state index is 13.5. The third-order valence-corrected chi connectivity index (χ3v) is 5.42. The molecule has 2 heterocycles. The molecule has 2 bridgehead atoms. The van der Waals surface area contributed by atoms with E-state index in [1.54, 1.807) is 54.6 Å². The fourth-order valence-electron chi connectivity index (χ4n) is 3.94. The van der Waals surface area contributed by atoms with Crippen molar-refractivity contribution < 1.29 is 23.9 Å². The van der Waals surface area contributed by atoms with Crippen LogP contribution < -0.4 is 0 Å². The minimum absolute atomic E-state index is 0.0974. The van der Waals surface area contributed by atoms with Crippen LogP contribution in [0.15, 0.2) is 83.6 Å². The summed E-state index contributed by atoms with van der Waals surface area (Å²) in [4.78, 5) is 39.9. The summed E-state index contributed by atoms with van der Waals surface area (Å²) < 4.78 is 11.3. The highest BCUT2D eigenvalue weighted by atomic mass is 16.5. The average Bonchev–Trinajstić information content (AvgIpc) is 3.07. The third-order valence-electron chi connectivity index (χ3n) is 5.42. The Balaban J connectivity index is 1.96. The SMILES string of the molecule is CC[C@@]12C=C(OC)C(=O)[C@@H](O1)C(C(=O)c1ccccc1)=C2C(=O)c1ccccc1. The zero-order chi connectivity index (χ0) is 20.6. The molecule has 2 aromatic carbocycles. The number of hydrogen-bond donors (Lipinski definition) is 0. The number of hydrogen-bond acceptors (Lipinski definition) is 5. The van der Waals surface area contributed by atoms with Gasteiger partial charge in [-0.05, 0) is 12.5 Å². The molecule has 5 heteroatoms. The number of Topliss-reactive ketones (excluding diaryl/α,β-unsaturated/α-hetero) is 3. The average molecular weight is 388 g/mol. The van der Waals surface area contributed by atoms with E-state index < -0.39 is 17.5 Å². The predicted octanol–water partition coefficient (Wildman–Crippen LogP) is 3.71. The first-order valence-electron chi connectivity index (χ1n) is 9.45. The second-order valence-electron chi connectivity index (χ2n) is 7.00. The minimum atomic E-state index is -1.18. The zero-order valence-electron chi connectivity index (χ0n) is 16.2. The lowest BCUT2D eigenvalue weighted by molar-refractivity contribution is -0.134. The summed E-state index contributed by atoms with van der Waals surface area (Å²) in [6.07, 6.45) is 0.751. The van der Waals surface area contributed by atoms with Crippen molar-refractivity contribution in [3.8, 4) is 0 Å². The number of fused-ring (bicyclic) bond motifs is 2. The molecule has 0 radical (unpaired) electrons. The molecule has 0 aliphatic carbocycles. The van der Waals surface area contributed by atoms with Crippen molar-refractivity contribution >= 4 is 17.3 Å². The first kappa shape index (κ1) is 19.0. The van der Waals surface area contributed by atoms with Gasteiger partial charge in [0.15, 0.2) is 23.4 Å². The van der Waals surface area contributed by atoms with E-state index in [2.05, 4.69) is 0 Å². The van der Waals surface area contributed by atoms with E-state index in [9.17, 15) is 14.4 Å². The molecule has 0 fully saturated rings. The van der Waals surface area contributed by atoms with Gasteiger partial charge in [-0.25, -0.2) is 0 Å². The number of ether oxygens (including phenoxy) is 2. The zero-order valence-corrected chi connectivity index (χ0v) is 16.2. The lowest BCUT2D eigenvalue weighted by Crippen LogP contribution is -2.40. The van der Waals surface area contributed by atoms with Gasteiger partial charge in [-0.3, -0.25) is 14.4 Å². The molecule has 2 aliphatic rings. The normalized spacial score (nSPS) is 23.0. The third kappa shape index (κ3) is 2.95. The summed E-state index contributed by atoms with van der Waals surface area (Å²) in [5.41, 5.74) is -0.0401. The lowest BCUT2D eigenvalue weighted by Gasteiger charge is -2.31. The van der Waals surface area contributed by atoms with Gasteiger partial charge in [-0.15, -0.1) is 0 Å². The van der Waals surface area contributed by atoms with Crippen LogP contribution >= 0.6 is 0 Å². The first-order chi connectivity index (χ1) is 14.0. The van der Waals surface area contributed by atoms with Crippen molar-refractivity contribution in [1.29, 1.82) is 0 Å². The number of benzene rings is 2. The lowest BCUT2D eigenvalue weighted by atomic mass is 9.82. The number of ketones is 3. The van der Waals surface area contributed by atoms with Crippen LogP contribution in [0.5, 0.6) is 0 Å². The molecular formula is C24H20O5. The van der Waals surface area contributed by atoms with Crippen LogP contribution in [0.1, 0.15) is 34.1 Å². The standard InChI is InChI=1S/C24H20O5/c1-3-24-14-17(28-2)22(27)23(29-24)18(20(25)15-10-6-4-7-11-15)19(24)21(26)16-12-8-5-9-13-16/h4-14,23H,3H2,1-2H3/t23-,24-/m0/s1. The van der Waals surface area contributed by atoms with Crippen LogP contribution in [-0.4, -0.2) is 36.2 Å². The van der Waals surface area contributed by atoms with Crippen LogP contribution in [0.3, 0.4) is 0 Å². The van der Waals surface area contributed by atoms with Gasteiger partial charge in [0.25, 0.3) is 0 Å². The second-order valence-corrected chi connectivity index (χ2v) is 7.00. The van der Waals surface area contributed by atoms with Crippen LogP contribution in [0, 0.1) is 0 Å². The van der Waals surface area contributed by atoms with E-state index in [-0.39, 0.29) is 28.5 Å². The van der Waals surface area contributed by atoms with E-state index >= 15 is 0 Å². The fourth-order valence-corrected chi connectivity index (χ4v) is 3.94. The van der Waals surface area contributed by atoms with Crippen molar-refractivity contribution in [3.05, 3.63) is 94.8 Å². The molecule has 2 aromatic rings. The van der Waals surface area contributed by atoms with E-state index in [0.29, 0.717) is 17.5 Å².